The molecule has 9 heteroatoms. The number of nitrogens with two attached hydrogens (primary N) is 1. The predicted octanol–water partition coefficient (Wildman–Crippen LogP) is 2.65. The fourth-order valence-electron chi connectivity index (χ4n) is 3.25. The molecule has 0 saturated carbocycles. The van der Waals surface area contributed by atoms with Gasteiger partial charge in [-0.15, -0.1) is 12.4 Å². The average Bonchev–Trinajstić information content (AvgIpc) is 3.05. The fraction of sp³-hybridized carbons (Fsp3) is 0.286. The Morgan fingerprint density at radius 3 is 2.50 bits per heavy atom. The molecule has 0 bridgehead atoms. The quantitative estimate of drug-likeness (QED) is 0.351. The minimum absolute atomic E-state index is 0. The third-order valence-corrected chi connectivity index (χ3v) is 4.83. The molecular formula is C21H23ClFN3O4. The van der Waals surface area contributed by atoms with Gasteiger partial charge in [0.05, 0.1) is 31.1 Å². The smallest absolute Gasteiger partial charge is 0.306 e. The Morgan fingerprint density at radius 1 is 1.23 bits per heavy atom. The number of rotatable bonds is 7. The van der Waals surface area contributed by atoms with Gasteiger partial charge >= 0.3 is 5.97 Å². The zero-order chi connectivity index (χ0) is 21.0. The molecule has 0 radical (unpaired) electrons. The standard InChI is InChI=1S/C21H22FN3O4.ClH/c1-28-19(26)10-14-8-15(25-21(14)27)11-29-16-5-2-12(3-6-16)13-4-7-17(20(23)24)18(22)9-13;/h2-7,9,14-15H,8,10-11H2,1H3,(H3,23,24)(H,25,27);1H/t14-,15-;/m0./s1. The van der Waals surface area contributed by atoms with Crippen LogP contribution >= 0.6 is 12.4 Å². The summed E-state index contributed by atoms with van der Waals surface area (Å²) in [5.41, 5.74) is 6.85. The third kappa shape index (κ3) is 5.48. The van der Waals surface area contributed by atoms with Crippen LogP contribution in [-0.4, -0.2) is 37.5 Å². The second kappa shape index (κ2) is 10.1. The van der Waals surface area contributed by atoms with Crippen molar-refractivity contribution in [1.82, 2.24) is 5.32 Å². The maximum atomic E-state index is 14.0. The molecule has 1 saturated heterocycles. The van der Waals surface area contributed by atoms with E-state index in [0.29, 0.717) is 17.7 Å². The molecule has 4 N–H and O–H groups in total. The first-order chi connectivity index (χ1) is 13.9. The first-order valence-corrected chi connectivity index (χ1v) is 9.11. The van der Waals surface area contributed by atoms with Gasteiger partial charge in [0.25, 0.3) is 0 Å². The molecule has 7 nitrogen and oxygen atoms in total. The van der Waals surface area contributed by atoms with Gasteiger partial charge in [0.2, 0.25) is 5.91 Å². The number of halogens is 2. The summed E-state index contributed by atoms with van der Waals surface area (Å²) in [6.07, 6.45) is 0.570. The lowest BCUT2D eigenvalue weighted by molar-refractivity contribution is -0.143. The Balaban J connectivity index is 0.00000320. The molecule has 2 atom stereocenters. The number of nitrogens with one attached hydrogen (secondary N) is 2. The predicted molar refractivity (Wildman–Crippen MR) is 112 cm³/mol. The van der Waals surface area contributed by atoms with Crippen molar-refractivity contribution in [3.63, 3.8) is 0 Å². The van der Waals surface area contributed by atoms with Crippen LogP contribution in [0.1, 0.15) is 18.4 Å². The minimum atomic E-state index is -0.547. The number of hydrogen-bond acceptors (Lipinski definition) is 5. The zero-order valence-electron chi connectivity index (χ0n) is 16.3. The molecule has 160 valence electrons. The molecule has 1 aliphatic rings. The van der Waals surface area contributed by atoms with Crippen molar-refractivity contribution in [3.05, 3.63) is 53.8 Å². The first-order valence-electron chi connectivity index (χ1n) is 9.11. The van der Waals surface area contributed by atoms with E-state index in [1.165, 1.54) is 19.2 Å². The number of nitrogen functional groups attached to an aromatic ring is 1. The number of carbonyl (C=O) groups excluding carboxylic acids is 2. The van der Waals surface area contributed by atoms with Crippen LogP contribution in [-0.2, 0) is 14.3 Å². The number of esters is 1. The Hall–Kier alpha value is -3.13. The number of benzene rings is 2. The molecule has 1 fully saturated rings. The summed E-state index contributed by atoms with van der Waals surface area (Å²) >= 11 is 0. The van der Waals surface area contributed by atoms with E-state index in [4.69, 9.17) is 15.9 Å². The van der Waals surface area contributed by atoms with E-state index in [-0.39, 0.29) is 48.8 Å². The molecule has 2 aromatic rings. The number of hydrogen-bond donors (Lipinski definition) is 3. The van der Waals surface area contributed by atoms with Crippen molar-refractivity contribution in [2.45, 2.75) is 18.9 Å². The Labute approximate surface area is 179 Å². The molecule has 3 rings (SSSR count). The van der Waals surface area contributed by atoms with Gasteiger partial charge in [0.1, 0.15) is 24.0 Å². The molecule has 0 spiro atoms. The van der Waals surface area contributed by atoms with E-state index in [1.54, 1.807) is 30.3 Å². The molecule has 1 heterocycles. The van der Waals surface area contributed by atoms with Crippen LogP contribution in [0, 0.1) is 17.1 Å². The summed E-state index contributed by atoms with van der Waals surface area (Å²) in [5.74, 6) is -1.23. The Kier molecular flexibility index (Phi) is 7.77. The number of ether oxygens (including phenoxy) is 2. The highest BCUT2D eigenvalue weighted by molar-refractivity contribution is 5.95. The van der Waals surface area contributed by atoms with Crippen LogP contribution in [0.2, 0.25) is 0 Å². The van der Waals surface area contributed by atoms with Gasteiger partial charge < -0.3 is 20.5 Å². The molecule has 1 aliphatic heterocycles. The summed E-state index contributed by atoms with van der Waals surface area (Å²) in [6.45, 7) is 0.282. The van der Waals surface area contributed by atoms with E-state index in [1.807, 2.05) is 0 Å². The van der Waals surface area contributed by atoms with Gasteiger partial charge in [-0.3, -0.25) is 15.0 Å². The third-order valence-electron chi connectivity index (χ3n) is 4.83. The van der Waals surface area contributed by atoms with Crippen molar-refractivity contribution in [2.75, 3.05) is 13.7 Å². The number of amides is 1. The Morgan fingerprint density at radius 2 is 1.90 bits per heavy atom. The summed E-state index contributed by atoms with van der Waals surface area (Å²) in [4.78, 5) is 23.3. The van der Waals surface area contributed by atoms with Gasteiger partial charge in [-0.2, -0.15) is 0 Å². The van der Waals surface area contributed by atoms with Gasteiger partial charge in [0, 0.05) is 0 Å². The maximum absolute atomic E-state index is 14.0. The SMILES string of the molecule is COC(=O)C[C@@H]1C[C@@H](COc2ccc(-c3ccc(C(=N)N)c(F)c3)cc2)NC1=O.Cl. The van der Waals surface area contributed by atoms with Crippen LogP contribution in [0.4, 0.5) is 4.39 Å². The molecule has 0 aliphatic carbocycles. The Bertz CT molecular complexity index is 936. The van der Waals surface area contributed by atoms with Gasteiger partial charge in [-0.25, -0.2) is 4.39 Å². The molecule has 1 amide bonds. The second-order valence-electron chi connectivity index (χ2n) is 6.86. The first kappa shape index (κ1) is 23.2. The summed E-state index contributed by atoms with van der Waals surface area (Å²) < 4.78 is 24.4. The summed E-state index contributed by atoms with van der Waals surface area (Å²) in [7, 11) is 1.30. The van der Waals surface area contributed by atoms with Crippen molar-refractivity contribution < 1.29 is 23.5 Å². The van der Waals surface area contributed by atoms with Crippen molar-refractivity contribution >= 4 is 30.1 Å². The number of carbonyl (C=O) groups is 2. The van der Waals surface area contributed by atoms with E-state index in [2.05, 4.69) is 10.1 Å². The summed E-state index contributed by atoms with van der Waals surface area (Å²) in [6, 6.07) is 11.4. The second-order valence-corrected chi connectivity index (χ2v) is 6.86. The van der Waals surface area contributed by atoms with E-state index >= 15 is 0 Å². The monoisotopic (exact) mass is 435 g/mol. The maximum Gasteiger partial charge on any atom is 0.306 e. The molecule has 30 heavy (non-hydrogen) atoms. The van der Waals surface area contributed by atoms with Crippen LogP contribution in [0.25, 0.3) is 11.1 Å². The topological polar surface area (TPSA) is 114 Å². The average molecular weight is 436 g/mol. The normalized spacial score (nSPS) is 17.6. The largest absolute Gasteiger partial charge is 0.491 e. The van der Waals surface area contributed by atoms with Crippen molar-refractivity contribution in [3.8, 4) is 16.9 Å². The highest BCUT2D eigenvalue weighted by Crippen LogP contribution is 2.25. The van der Waals surface area contributed by atoms with Crippen LogP contribution in [0.5, 0.6) is 5.75 Å². The van der Waals surface area contributed by atoms with Gasteiger partial charge in [-0.1, -0.05) is 18.2 Å². The highest BCUT2D eigenvalue weighted by Gasteiger charge is 2.34. The summed E-state index contributed by atoms with van der Waals surface area (Å²) in [5, 5.41) is 10.2. The van der Waals surface area contributed by atoms with Crippen molar-refractivity contribution in [1.29, 1.82) is 5.41 Å². The number of methoxy groups -OCH3 is 1. The lowest BCUT2D eigenvalue weighted by Gasteiger charge is -2.12. The lowest BCUT2D eigenvalue weighted by atomic mass is 10.0. The van der Waals surface area contributed by atoms with Crippen molar-refractivity contribution in [2.24, 2.45) is 11.7 Å². The molecule has 0 aromatic heterocycles. The van der Waals surface area contributed by atoms with Crippen LogP contribution < -0.4 is 15.8 Å². The van der Waals surface area contributed by atoms with Crippen LogP contribution in [0.3, 0.4) is 0 Å². The number of amidine groups is 1. The minimum Gasteiger partial charge on any atom is -0.491 e. The fourth-order valence-corrected chi connectivity index (χ4v) is 3.25. The van der Waals surface area contributed by atoms with E-state index in [9.17, 15) is 14.0 Å². The molecule has 0 unspecified atom stereocenters. The van der Waals surface area contributed by atoms with Crippen LogP contribution in [0.15, 0.2) is 42.5 Å². The lowest BCUT2D eigenvalue weighted by Crippen LogP contribution is -2.31. The van der Waals surface area contributed by atoms with E-state index in [0.717, 1.165) is 5.56 Å². The molecular weight excluding hydrogens is 413 g/mol. The molecule has 2 aromatic carbocycles. The van der Waals surface area contributed by atoms with E-state index < -0.39 is 17.7 Å². The van der Waals surface area contributed by atoms with Gasteiger partial charge in [0.15, 0.2) is 0 Å². The van der Waals surface area contributed by atoms with Gasteiger partial charge in [-0.05, 0) is 41.8 Å². The highest BCUT2D eigenvalue weighted by atomic mass is 35.5. The zero-order valence-corrected chi connectivity index (χ0v) is 17.1.